The zero-order valence-corrected chi connectivity index (χ0v) is 15.3. The molecule has 0 bridgehead atoms. The van der Waals surface area contributed by atoms with Gasteiger partial charge in [-0.25, -0.2) is 9.97 Å². The number of aromatic nitrogens is 2. The smallest absolute Gasteiger partial charge is 0.224 e. The topological polar surface area (TPSA) is 44.3 Å². The number of halogens is 1. The van der Waals surface area contributed by atoms with Gasteiger partial charge < -0.3 is 10.2 Å². The predicted octanol–water partition coefficient (Wildman–Crippen LogP) is 2.49. The molecule has 2 aliphatic rings. The van der Waals surface area contributed by atoms with E-state index in [2.05, 4.69) is 62.3 Å². The average Bonchev–Trinajstić information content (AvgIpc) is 2.64. The minimum Gasteiger partial charge on any atom is -0.354 e. The lowest BCUT2D eigenvalue weighted by Gasteiger charge is -2.37. The molecule has 2 aromatic rings. The Bertz CT molecular complexity index is 730. The van der Waals surface area contributed by atoms with Gasteiger partial charge in [0.25, 0.3) is 0 Å². The van der Waals surface area contributed by atoms with E-state index in [1.807, 2.05) is 0 Å². The standard InChI is InChI=1S/C19H24ClN5/c1-14-11-16-17(13-25(14)12-15-5-3-2-4-6-15)22-19(20)23-18(16)24-9-7-21-8-10-24/h2-6,14,21H,7-13H2,1H3. The summed E-state index contributed by atoms with van der Waals surface area (Å²) in [7, 11) is 0. The van der Waals surface area contributed by atoms with Crippen LogP contribution in [-0.2, 0) is 19.5 Å². The Kier molecular flexibility index (Phi) is 4.88. The van der Waals surface area contributed by atoms with Crippen LogP contribution in [0.25, 0.3) is 0 Å². The van der Waals surface area contributed by atoms with Gasteiger partial charge in [0.05, 0.1) is 5.69 Å². The van der Waals surface area contributed by atoms with Gasteiger partial charge in [0.15, 0.2) is 0 Å². The van der Waals surface area contributed by atoms with Crippen molar-refractivity contribution >= 4 is 17.4 Å². The Morgan fingerprint density at radius 2 is 1.92 bits per heavy atom. The van der Waals surface area contributed by atoms with E-state index in [9.17, 15) is 0 Å². The molecule has 25 heavy (non-hydrogen) atoms. The van der Waals surface area contributed by atoms with Crippen LogP contribution in [0.15, 0.2) is 30.3 Å². The second-order valence-electron chi connectivity index (χ2n) is 6.92. The van der Waals surface area contributed by atoms with E-state index in [1.165, 1.54) is 11.1 Å². The van der Waals surface area contributed by atoms with Crippen molar-refractivity contribution in [3.63, 3.8) is 0 Å². The minimum absolute atomic E-state index is 0.362. The molecule has 1 aromatic carbocycles. The van der Waals surface area contributed by atoms with Crippen molar-refractivity contribution in [2.45, 2.75) is 32.5 Å². The normalized spacial score (nSPS) is 21.2. The van der Waals surface area contributed by atoms with Gasteiger partial charge in [-0.3, -0.25) is 4.90 Å². The predicted molar refractivity (Wildman–Crippen MR) is 101 cm³/mol. The Morgan fingerprint density at radius 3 is 2.68 bits per heavy atom. The van der Waals surface area contributed by atoms with Crippen LogP contribution in [0.3, 0.4) is 0 Å². The van der Waals surface area contributed by atoms with Gasteiger partial charge in [0.2, 0.25) is 5.28 Å². The van der Waals surface area contributed by atoms with Crippen molar-refractivity contribution in [2.75, 3.05) is 31.1 Å². The van der Waals surface area contributed by atoms with Gasteiger partial charge in [-0.1, -0.05) is 30.3 Å². The zero-order chi connectivity index (χ0) is 17.2. The zero-order valence-electron chi connectivity index (χ0n) is 14.6. The molecule has 1 N–H and O–H groups in total. The van der Waals surface area contributed by atoms with E-state index in [0.717, 1.165) is 57.2 Å². The van der Waals surface area contributed by atoms with Crippen molar-refractivity contribution in [2.24, 2.45) is 0 Å². The van der Waals surface area contributed by atoms with Crippen LogP contribution in [0.1, 0.15) is 23.7 Å². The number of nitrogens with one attached hydrogen (secondary N) is 1. The van der Waals surface area contributed by atoms with Gasteiger partial charge in [-0.15, -0.1) is 0 Å². The Balaban J connectivity index is 1.61. The highest BCUT2D eigenvalue weighted by molar-refractivity contribution is 6.28. The molecule has 5 nitrogen and oxygen atoms in total. The summed E-state index contributed by atoms with van der Waals surface area (Å²) in [5.74, 6) is 1.04. The molecule has 2 aliphatic heterocycles. The highest BCUT2D eigenvalue weighted by atomic mass is 35.5. The summed E-state index contributed by atoms with van der Waals surface area (Å²) in [6, 6.07) is 11.1. The lowest BCUT2D eigenvalue weighted by Crippen LogP contribution is -2.45. The van der Waals surface area contributed by atoms with Gasteiger partial charge in [-0.05, 0) is 30.5 Å². The molecule has 0 spiro atoms. The fourth-order valence-corrected chi connectivity index (χ4v) is 3.95. The van der Waals surface area contributed by atoms with Crippen LogP contribution >= 0.6 is 11.6 Å². The van der Waals surface area contributed by atoms with E-state index >= 15 is 0 Å². The monoisotopic (exact) mass is 357 g/mol. The molecule has 0 aliphatic carbocycles. The van der Waals surface area contributed by atoms with Crippen molar-refractivity contribution in [1.29, 1.82) is 0 Å². The second kappa shape index (κ2) is 7.28. The maximum Gasteiger partial charge on any atom is 0.224 e. The molecule has 1 saturated heterocycles. The Hall–Kier alpha value is -1.69. The molecule has 6 heteroatoms. The minimum atomic E-state index is 0.362. The Morgan fingerprint density at radius 1 is 1.16 bits per heavy atom. The van der Waals surface area contributed by atoms with Gasteiger partial charge >= 0.3 is 0 Å². The van der Waals surface area contributed by atoms with Gasteiger partial charge in [0.1, 0.15) is 5.82 Å². The maximum atomic E-state index is 6.26. The highest BCUT2D eigenvalue weighted by Crippen LogP contribution is 2.31. The summed E-state index contributed by atoms with van der Waals surface area (Å²) in [4.78, 5) is 14.0. The number of hydrogen-bond acceptors (Lipinski definition) is 5. The number of benzene rings is 1. The molecule has 0 saturated carbocycles. The first-order chi connectivity index (χ1) is 12.2. The first-order valence-electron chi connectivity index (χ1n) is 8.99. The van der Waals surface area contributed by atoms with E-state index in [0.29, 0.717) is 11.3 Å². The SMILES string of the molecule is CC1Cc2c(nc(Cl)nc2N2CCNCC2)CN1Cc1ccccc1. The third kappa shape index (κ3) is 3.64. The molecule has 0 amide bonds. The van der Waals surface area contributed by atoms with Gasteiger partial charge in [0, 0.05) is 50.9 Å². The molecule has 3 heterocycles. The number of nitrogens with zero attached hydrogens (tertiary/aromatic N) is 4. The summed E-state index contributed by atoms with van der Waals surface area (Å²) in [6.45, 7) is 7.99. The molecule has 4 rings (SSSR count). The van der Waals surface area contributed by atoms with Crippen molar-refractivity contribution < 1.29 is 0 Å². The first-order valence-corrected chi connectivity index (χ1v) is 9.37. The summed E-state index contributed by atoms with van der Waals surface area (Å²) in [6.07, 6.45) is 0.971. The third-order valence-electron chi connectivity index (χ3n) is 5.16. The van der Waals surface area contributed by atoms with Crippen molar-refractivity contribution in [3.8, 4) is 0 Å². The van der Waals surface area contributed by atoms with Crippen LogP contribution in [0.2, 0.25) is 5.28 Å². The first kappa shape index (κ1) is 16.8. The fraction of sp³-hybridized carbons (Fsp3) is 0.474. The second-order valence-corrected chi connectivity index (χ2v) is 7.26. The van der Waals surface area contributed by atoms with Crippen molar-refractivity contribution in [1.82, 2.24) is 20.2 Å². The number of anilines is 1. The maximum absolute atomic E-state index is 6.26. The van der Waals surface area contributed by atoms with Crippen LogP contribution in [-0.4, -0.2) is 47.1 Å². The summed E-state index contributed by atoms with van der Waals surface area (Å²) in [5, 5.41) is 3.76. The third-order valence-corrected chi connectivity index (χ3v) is 5.33. The van der Waals surface area contributed by atoms with Crippen LogP contribution in [0.5, 0.6) is 0 Å². The van der Waals surface area contributed by atoms with Crippen LogP contribution in [0.4, 0.5) is 5.82 Å². The summed E-state index contributed by atoms with van der Waals surface area (Å²) < 4.78 is 0. The van der Waals surface area contributed by atoms with E-state index in [4.69, 9.17) is 11.6 Å². The fourth-order valence-electron chi connectivity index (χ4n) is 3.77. The molecule has 1 unspecified atom stereocenters. The lowest BCUT2D eigenvalue weighted by atomic mass is 9.97. The number of hydrogen-bond donors (Lipinski definition) is 1. The number of rotatable bonds is 3. The van der Waals surface area contributed by atoms with E-state index in [1.54, 1.807) is 0 Å². The molecule has 1 atom stereocenters. The molecule has 1 fully saturated rings. The molecule has 1 aromatic heterocycles. The summed E-state index contributed by atoms with van der Waals surface area (Å²) >= 11 is 6.26. The molecular formula is C19H24ClN5. The Labute approximate surface area is 154 Å². The van der Waals surface area contributed by atoms with E-state index < -0.39 is 0 Å². The van der Waals surface area contributed by atoms with Crippen molar-refractivity contribution in [3.05, 3.63) is 52.4 Å². The average molecular weight is 358 g/mol. The van der Waals surface area contributed by atoms with E-state index in [-0.39, 0.29) is 0 Å². The lowest BCUT2D eigenvalue weighted by molar-refractivity contribution is 0.172. The van der Waals surface area contributed by atoms with Crippen LogP contribution in [0, 0.1) is 0 Å². The largest absolute Gasteiger partial charge is 0.354 e. The quantitative estimate of drug-likeness (QED) is 0.855. The molecule has 0 radical (unpaired) electrons. The van der Waals surface area contributed by atoms with Gasteiger partial charge in [-0.2, -0.15) is 0 Å². The molecule has 132 valence electrons. The summed E-state index contributed by atoms with van der Waals surface area (Å²) in [5.41, 5.74) is 3.70. The number of fused-ring (bicyclic) bond motifs is 1. The number of piperazine rings is 1. The highest BCUT2D eigenvalue weighted by Gasteiger charge is 2.29. The van der Waals surface area contributed by atoms with Crippen LogP contribution < -0.4 is 10.2 Å². The molecular weight excluding hydrogens is 334 g/mol.